The molecule has 196 valence electrons. The van der Waals surface area contributed by atoms with E-state index in [-0.39, 0.29) is 27.3 Å². The predicted molar refractivity (Wildman–Crippen MR) is 167 cm³/mol. The highest BCUT2D eigenvalue weighted by atomic mass is 79.9. The molecular weight excluding hydrogens is 813 g/mol. The average molecular weight is 828 g/mol. The molecule has 0 saturated heterocycles. The summed E-state index contributed by atoms with van der Waals surface area (Å²) in [5.74, 6) is -1.88. The summed E-state index contributed by atoms with van der Waals surface area (Å²) in [7, 11) is 0. The maximum absolute atomic E-state index is 13.2. The number of amides is 2. The number of carboxylic acids is 1. The van der Waals surface area contributed by atoms with Crippen molar-refractivity contribution < 1.29 is 19.5 Å². The second-order valence-corrected chi connectivity index (χ2v) is 13.5. The minimum Gasteiger partial charge on any atom is -0.478 e. The topological polar surface area (TPSA) is 108 Å². The number of aromatic carboxylic acids is 1. The van der Waals surface area contributed by atoms with Crippen molar-refractivity contribution in [3.8, 4) is 0 Å². The lowest BCUT2D eigenvalue weighted by Crippen LogP contribution is -2.18. The summed E-state index contributed by atoms with van der Waals surface area (Å²) < 4.78 is 2.98. The molecule has 0 aliphatic rings. The Bertz CT molecular complexity index is 1630. The van der Waals surface area contributed by atoms with E-state index in [1.54, 1.807) is 36.4 Å². The van der Waals surface area contributed by atoms with Gasteiger partial charge in [-0.1, -0.05) is 29.4 Å². The van der Waals surface area contributed by atoms with Gasteiger partial charge in [0.05, 0.1) is 27.1 Å². The molecule has 0 fully saturated rings. The summed E-state index contributed by atoms with van der Waals surface area (Å²) >= 11 is 22.1. The van der Waals surface area contributed by atoms with E-state index in [0.717, 1.165) is 10.3 Å². The van der Waals surface area contributed by atoms with E-state index < -0.39 is 11.9 Å². The number of nitrogens with zero attached hydrogens (tertiary/aromatic N) is 1. The number of halogens is 5. The first-order valence-corrected chi connectivity index (χ1v) is 15.8. The molecule has 3 aromatic carbocycles. The molecule has 0 saturated carbocycles. The molecule has 0 unspecified atom stereocenters. The Morgan fingerprint density at radius 1 is 1.00 bits per heavy atom. The standard InChI is InChI=1S/C24H14Br4ClN3O4S2/c1-9-11(29)3-2-4-12(9)31-15(33)8-37-24-32-13-6-5-10(7-14(13)38-24)30-22(34)16-17(23(35)36)19(26)21(28)20(27)18(16)25/h2-7H,8H2,1H3,(H,30,34)(H,31,33)(H,35,36). The van der Waals surface area contributed by atoms with Crippen LogP contribution in [0.5, 0.6) is 0 Å². The number of fused-ring (bicyclic) bond motifs is 1. The number of nitrogens with one attached hydrogen (secondary N) is 2. The second-order valence-electron chi connectivity index (χ2n) is 7.68. The fourth-order valence-corrected chi connectivity index (χ4v) is 7.89. The van der Waals surface area contributed by atoms with Crippen molar-refractivity contribution in [2.75, 3.05) is 16.4 Å². The number of hydrogen-bond acceptors (Lipinski definition) is 6. The third-order valence-corrected chi connectivity index (χ3v) is 12.5. The molecule has 0 spiro atoms. The number of carbonyl (C=O) groups is 3. The lowest BCUT2D eigenvalue weighted by molar-refractivity contribution is -0.113. The highest BCUT2D eigenvalue weighted by Gasteiger charge is 2.28. The van der Waals surface area contributed by atoms with Crippen LogP contribution in [0.3, 0.4) is 0 Å². The van der Waals surface area contributed by atoms with Crippen LogP contribution in [0.2, 0.25) is 5.02 Å². The normalized spacial score (nSPS) is 11.0. The van der Waals surface area contributed by atoms with Gasteiger partial charge in [-0.15, -0.1) is 11.3 Å². The van der Waals surface area contributed by atoms with E-state index in [0.29, 0.717) is 39.7 Å². The van der Waals surface area contributed by atoms with Crippen LogP contribution in [0, 0.1) is 6.92 Å². The first kappa shape index (κ1) is 29.5. The lowest BCUT2D eigenvalue weighted by Gasteiger charge is -2.14. The lowest BCUT2D eigenvalue weighted by atomic mass is 10.1. The molecule has 0 aliphatic carbocycles. The van der Waals surface area contributed by atoms with Gasteiger partial charge in [-0.3, -0.25) is 9.59 Å². The van der Waals surface area contributed by atoms with Crippen LogP contribution in [-0.2, 0) is 4.79 Å². The van der Waals surface area contributed by atoms with Crippen molar-refractivity contribution >= 4 is 138 Å². The third kappa shape index (κ3) is 6.29. The highest BCUT2D eigenvalue weighted by Crippen LogP contribution is 2.42. The number of benzene rings is 3. The van der Waals surface area contributed by atoms with Crippen LogP contribution >= 0.6 is 98.4 Å². The molecule has 4 aromatic rings. The van der Waals surface area contributed by atoms with Gasteiger partial charge in [0.1, 0.15) is 0 Å². The van der Waals surface area contributed by atoms with Gasteiger partial charge < -0.3 is 15.7 Å². The molecule has 2 amide bonds. The van der Waals surface area contributed by atoms with Crippen LogP contribution in [0.4, 0.5) is 11.4 Å². The first-order valence-electron chi connectivity index (χ1n) is 10.5. The van der Waals surface area contributed by atoms with Crippen molar-refractivity contribution in [3.63, 3.8) is 0 Å². The molecule has 14 heteroatoms. The molecule has 4 rings (SSSR count). The van der Waals surface area contributed by atoms with Crippen LogP contribution in [0.1, 0.15) is 26.3 Å². The summed E-state index contributed by atoms with van der Waals surface area (Å²) in [5, 5.41) is 15.9. The van der Waals surface area contributed by atoms with Gasteiger partial charge in [0, 0.05) is 34.3 Å². The van der Waals surface area contributed by atoms with Gasteiger partial charge in [0.2, 0.25) is 5.91 Å². The summed E-state index contributed by atoms with van der Waals surface area (Å²) in [4.78, 5) is 42.1. The Morgan fingerprint density at radius 3 is 2.37 bits per heavy atom. The fourth-order valence-electron chi connectivity index (χ4n) is 3.34. The molecule has 0 aliphatic heterocycles. The van der Waals surface area contributed by atoms with E-state index in [1.165, 1.54) is 23.1 Å². The second kappa shape index (κ2) is 12.4. The molecule has 0 bridgehead atoms. The monoisotopic (exact) mass is 823 g/mol. The Labute approximate surface area is 263 Å². The molecule has 0 radical (unpaired) electrons. The average Bonchev–Trinajstić information content (AvgIpc) is 3.28. The van der Waals surface area contributed by atoms with Crippen molar-refractivity contribution in [2.45, 2.75) is 11.3 Å². The maximum atomic E-state index is 13.2. The predicted octanol–water partition coefficient (Wildman–Crippen LogP) is 8.99. The number of carbonyl (C=O) groups excluding carboxylic acids is 2. The van der Waals surface area contributed by atoms with Crippen LogP contribution in [0.25, 0.3) is 10.2 Å². The smallest absolute Gasteiger partial charge is 0.337 e. The Hall–Kier alpha value is -1.48. The van der Waals surface area contributed by atoms with Crippen LogP contribution in [0.15, 0.2) is 58.6 Å². The summed E-state index contributed by atoms with van der Waals surface area (Å²) in [6.07, 6.45) is 0. The molecule has 7 nitrogen and oxygen atoms in total. The largest absolute Gasteiger partial charge is 0.478 e. The SMILES string of the molecule is Cc1c(Cl)cccc1NC(=O)CSc1nc2ccc(NC(=O)c3c(Br)c(Br)c(Br)c(Br)c3C(=O)O)cc2s1. The third-order valence-electron chi connectivity index (χ3n) is 5.20. The number of rotatable bonds is 7. The number of thioether (sulfide) groups is 1. The quantitative estimate of drug-likeness (QED) is 0.0976. The van der Waals surface area contributed by atoms with E-state index >= 15 is 0 Å². The number of thiazole rings is 1. The van der Waals surface area contributed by atoms with Gasteiger partial charge in [0.15, 0.2) is 4.34 Å². The molecular formula is C24H14Br4ClN3O4S2. The van der Waals surface area contributed by atoms with E-state index in [1.807, 2.05) is 6.92 Å². The zero-order chi connectivity index (χ0) is 27.7. The number of carboxylic acid groups (broad SMARTS) is 1. The number of hydrogen-bond donors (Lipinski definition) is 3. The fraction of sp³-hybridized carbons (Fsp3) is 0.0833. The van der Waals surface area contributed by atoms with Crippen molar-refractivity contribution in [2.24, 2.45) is 0 Å². The Morgan fingerprint density at radius 2 is 1.68 bits per heavy atom. The van der Waals surface area contributed by atoms with Crippen molar-refractivity contribution in [1.29, 1.82) is 0 Å². The molecule has 1 aromatic heterocycles. The molecule has 1 heterocycles. The Kier molecular flexibility index (Phi) is 9.60. The van der Waals surface area contributed by atoms with Gasteiger partial charge in [-0.05, 0) is 107 Å². The first-order chi connectivity index (χ1) is 18.0. The van der Waals surface area contributed by atoms with Gasteiger partial charge >= 0.3 is 5.97 Å². The van der Waals surface area contributed by atoms with E-state index in [4.69, 9.17) is 11.6 Å². The molecule has 38 heavy (non-hydrogen) atoms. The number of anilines is 2. The molecule has 3 N–H and O–H groups in total. The van der Waals surface area contributed by atoms with Gasteiger partial charge in [-0.2, -0.15) is 0 Å². The summed E-state index contributed by atoms with van der Waals surface area (Å²) in [5.41, 5.74) is 2.41. The van der Waals surface area contributed by atoms with Crippen LogP contribution < -0.4 is 10.6 Å². The van der Waals surface area contributed by atoms with Gasteiger partial charge in [-0.25, -0.2) is 9.78 Å². The van der Waals surface area contributed by atoms with Gasteiger partial charge in [0.25, 0.3) is 5.91 Å². The van der Waals surface area contributed by atoms with E-state index in [2.05, 4.69) is 79.3 Å². The minimum atomic E-state index is -1.26. The zero-order valence-corrected chi connectivity index (χ0v) is 27.7. The summed E-state index contributed by atoms with van der Waals surface area (Å²) in [6.45, 7) is 1.84. The summed E-state index contributed by atoms with van der Waals surface area (Å²) in [6, 6.07) is 10.5. The maximum Gasteiger partial charge on any atom is 0.337 e. The highest BCUT2D eigenvalue weighted by molar-refractivity contribution is 9.15. The molecule has 0 atom stereocenters. The van der Waals surface area contributed by atoms with Crippen LogP contribution in [-0.4, -0.2) is 33.6 Å². The van der Waals surface area contributed by atoms with Crippen molar-refractivity contribution in [1.82, 2.24) is 4.98 Å². The van der Waals surface area contributed by atoms with Crippen molar-refractivity contribution in [3.05, 3.63) is 76.0 Å². The minimum absolute atomic E-state index is 0.0407. The van der Waals surface area contributed by atoms with E-state index in [9.17, 15) is 19.5 Å². The number of aromatic nitrogens is 1. The Balaban J connectivity index is 1.50. The zero-order valence-electron chi connectivity index (χ0n) is 19.0.